The van der Waals surface area contributed by atoms with Crippen LogP contribution in [0.1, 0.15) is 46.0 Å². The number of hydrogen-bond donors (Lipinski definition) is 1. The van der Waals surface area contributed by atoms with E-state index in [1.807, 2.05) is 0 Å². The molecule has 0 aromatic rings. The van der Waals surface area contributed by atoms with Gasteiger partial charge in [0.1, 0.15) is 6.54 Å². The molecule has 6 heteroatoms. The normalized spacial score (nSPS) is 22.5. The van der Waals surface area contributed by atoms with Crippen molar-refractivity contribution in [1.82, 2.24) is 20.0 Å². The van der Waals surface area contributed by atoms with Crippen LogP contribution in [0.4, 0.5) is 0 Å². The number of hydrogen-bond acceptors (Lipinski definition) is 3. The molecule has 1 atom stereocenters. The Morgan fingerprint density at radius 3 is 2.42 bits per heavy atom. The minimum absolute atomic E-state index is 0.0558. The van der Waals surface area contributed by atoms with E-state index in [9.17, 15) is 4.79 Å². The van der Waals surface area contributed by atoms with E-state index >= 15 is 0 Å². The van der Waals surface area contributed by atoms with Crippen LogP contribution in [-0.4, -0.2) is 85.5 Å². The number of likely N-dealkylation sites (tertiary alicyclic amines) is 1. The number of guanidine groups is 1. The van der Waals surface area contributed by atoms with Crippen molar-refractivity contribution in [3.05, 3.63) is 0 Å². The maximum absolute atomic E-state index is 11.9. The maximum Gasteiger partial charge on any atom is 0.243 e. The fourth-order valence-corrected chi connectivity index (χ4v) is 3.75. The van der Waals surface area contributed by atoms with E-state index in [1.165, 1.54) is 32.1 Å². The summed E-state index contributed by atoms with van der Waals surface area (Å²) in [5.41, 5.74) is 0. The smallest absolute Gasteiger partial charge is 0.243 e. The van der Waals surface area contributed by atoms with Crippen LogP contribution in [0.2, 0.25) is 0 Å². The lowest BCUT2D eigenvalue weighted by Crippen LogP contribution is -2.46. The molecule has 1 saturated carbocycles. The van der Waals surface area contributed by atoms with Gasteiger partial charge in [-0.05, 0) is 32.4 Å². The molecular weight excluding hydrogens is 302 g/mol. The second kappa shape index (κ2) is 9.25. The van der Waals surface area contributed by atoms with Crippen LogP contribution in [0.15, 0.2) is 4.99 Å². The van der Waals surface area contributed by atoms with Crippen molar-refractivity contribution in [1.29, 1.82) is 0 Å². The van der Waals surface area contributed by atoms with Crippen molar-refractivity contribution in [2.75, 3.05) is 46.8 Å². The lowest BCUT2D eigenvalue weighted by atomic mass is 10.2. The highest BCUT2D eigenvalue weighted by Gasteiger charge is 2.29. The van der Waals surface area contributed by atoms with Crippen molar-refractivity contribution in [2.45, 2.75) is 58.0 Å². The van der Waals surface area contributed by atoms with Gasteiger partial charge in [0.25, 0.3) is 0 Å². The van der Waals surface area contributed by atoms with Gasteiger partial charge in [-0.2, -0.15) is 0 Å². The summed E-state index contributed by atoms with van der Waals surface area (Å²) in [5.74, 6) is 0.993. The average molecular weight is 338 g/mol. The molecule has 2 fully saturated rings. The second-order valence-corrected chi connectivity index (χ2v) is 7.16. The number of aliphatic imine (C=N–C) groups is 1. The van der Waals surface area contributed by atoms with Crippen molar-refractivity contribution in [3.63, 3.8) is 0 Å². The van der Waals surface area contributed by atoms with Crippen LogP contribution in [-0.2, 0) is 4.79 Å². The van der Waals surface area contributed by atoms with E-state index in [-0.39, 0.29) is 12.5 Å². The first-order chi connectivity index (χ1) is 11.5. The summed E-state index contributed by atoms with van der Waals surface area (Å²) in [6, 6.07) is 1.12. The second-order valence-electron chi connectivity index (χ2n) is 7.16. The predicted molar refractivity (Wildman–Crippen MR) is 99.3 cm³/mol. The van der Waals surface area contributed by atoms with Crippen molar-refractivity contribution < 1.29 is 4.79 Å². The molecule has 1 unspecified atom stereocenters. The summed E-state index contributed by atoms with van der Waals surface area (Å²) in [5, 5.41) is 3.63. The number of amides is 1. The van der Waals surface area contributed by atoms with E-state index < -0.39 is 0 Å². The molecule has 24 heavy (non-hydrogen) atoms. The van der Waals surface area contributed by atoms with Crippen molar-refractivity contribution >= 4 is 11.9 Å². The van der Waals surface area contributed by atoms with Crippen LogP contribution in [0.3, 0.4) is 0 Å². The number of carbonyl (C=O) groups excluding carboxylic acids is 1. The largest absolute Gasteiger partial charge is 0.353 e. The third-order valence-electron chi connectivity index (χ3n) is 5.34. The lowest BCUT2D eigenvalue weighted by molar-refractivity contribution is -0.127. The van der Waals surface area contributed by atoms with Crippen molar-refractivity contribution in [2.24, 2.45) is 4.99 Å². The van der Waals surface area contributed by atoms with Crippen LogP contribution in [0.5, 0.6) is 0 Å². The zero-order chi connectivity index (χ0) is 17.5. The number of nitrogens with one attached hydrogen (secondary N) is 1. The molecule has 0 radical (unpaired) electrons. The molecular formula is C18H35N5O. The number of carbonyl (C=O) groups is 1. The van der Waals surface area contributed by atoms with Gasteiger partial charge < -0.3 is 15.1 Å². The van der Waals surface area contributed by atoms with Gasteiger partial charge in [-0.25, -0.2) is 4.99 Å². The van der Waals surface area contributed by atoms with E-state index in [1.54, 1.807) is 19.0 Å². The quantitative estimate of drug-likeness (QED) is 0.588. The molecule has 138 valence electrons. The number of likely N-dealkylation sites (N-methyl/N-ethyl adjacent to an activating group) is 2. The Balaban J connectivity index is 2.01. The van der Waals surface area contributed by atoms with Gasteiger partial charge in [-0.1, -0.05) is 26.7 Å². The molecule has 1 aliphatic carbocycles. The molecule has 0 aromatic carbocycles. The van der Waals surface area contributed by atoms with Gasteiger partial charge in [-0.15, -0.1) is 0 Å². The Bertz CT molecular complexity index is 427. The van der Waals surface area contributed by atoms with Gasteiger partial charge in [0.05, 0.1) is 0 Å². The molecule has 1 N–H and O–H groups in total. The Morgan fingerprint density at radius 2 is 1.83 bits per heavy atom. The molecule has 2 aliphatic rings. The lowest BCUT2D eigenvalue weighted by Gasteiger charge is -2.28. The zero-order valence-corrected chi connectivity index (χ0v) is 15.9. The van der Waals surface area contributed by atoms with Gasteiger partial charge in [0.2, 0.25) is 5.91 Å². The summed E-state index contributed by atoms with van der Waals surface area (Å²) in [4.78, 5) is 23.1. The summed E-state index contributed by atoms with van der Waals surface area (Å²) in [7, 11) is 3.57. The Kier molecular flexibility index (Phi) is 7.34. The summed E-state index contributed by atoms with van der Waals surface area (Å²) < 4.78 is 0. The third-order valence-corrected chi connectivity index (χ3v) is 5.34. The first-order valence-electron chi connectivity index (χ1n) is 9.55. The number of rotatable bonds is 6. The fourth-order valence-electron chi connectivity index (χ4n) is 3.75. The Labute approximate surface area is 147 Å². The van der Waals surface area contributed by atoms with E-state index in [0.29, 0.717) is 12.1 Å². The molecule has 0 spiro atoms. The van der Waals surface area contributed by atoms with E-state index in [2.05, 4.69) is 34.0 Å². The van der Waals surface area contributed by atoms with E-state index in [4.69, 9.17) is 0 Å². The summed E-state index contributed by atoms with van der Waals surface area (Å²) in [6.07, 6.45) is 6.20. The Morgan fingerprint density at radius 1 is 1.17 bits per heavy atom. The SMILES string of the molecule is CCN(CC)C1CCN(C(=NCC(=O)N(C)C)NC2CCCC2)C1. The molecule has 0 aromatic heterocycles. The van der Waals surface area contributed by atoms with Crippen molar-refractivity contribution in [3.8, 4) is 0 Å². The topological polar surface area (TPSA) is 51.2 Å². The van der Waals surface area contributed by atoms with Gasteiger partial charge in [-0.3, -0.25) is 9.69 Å². The third kappa shape index (κ3) is 5.10. The number of nitrogens with zero attached hydrogens (tertiary/aromatic N) is 4. The maximum atomic E-state index is 11.9. The van der Waals surface area contributed by atoms with E-state index in [0.717, 1.165) is 32.1 Å². The van der Waals surface area contributed by atoms with Gasteiger partial charge >= 0.3 is 0 Å². The summed E-state index contributed by atoms with van der Waals surface area (Å²) >= 11 is 0. The molecule has 1 saturated heterocycles. The molecule has 2 rings (SSSR count). The molecule has 6 nitrogen and oxygen atoms in total. The minimum atomic E-state index is 0.0558. The predicted octanol–water partition coefficient (Wildman–Crippen LogP) is 1.38. The Hall–Kier alpha value is -1.30. The standard InChI is InChI=1S/C18H35N5O/c1-5-22(6-2)16-11-12-23(14-16)18(19-13-17(24)21(3)4)20-15-9-7-8-10-15/h15-16H,5-14H2,1-4H3,(H,19,20). The van der Waals surface area contributed by atoms with Crippen LogP contribution >= 0.6 is 0 Å². The molecule has 1 amide bonds. The first kappa shape index (κ1) is 19.0. The van der Waals surface area contributed by atoms with Gasteiger partial charge in [0, 0.05) is 39.3 Å². The first-order valence-corrected chi connectivity index (χ1v) is 9.55. The summed E-state index contributed by atoms with van der Waals surface area (Å²) in [6.45, 7) is 8.91. The fraction of sp³-hybridized carbons (Fsp3) is 0.889. The molecule has 0 bridgehead atoms. The van der Waals surface area contributed by atoms with Gasteiger partial charge in [0.15, 0.2) is 5.96 Å². The molecule has 1 heterocycles. The highest BCUT2D eigenvalue weighted by molar-refractivity contribution is 5.85. The zero-order valence-electron chi connectivity index (χ0n) is 15.9. The van der Waals surface area contributed by atoms with Crippen LogP contribution < -0.4 is 5.32 Å². The van der Waals surface area contributed by atoms with Crippen LogP contribution in [0.25, 0.3) is 0 Å². The molecule has 1 aliphatic heterocycles. The average Bonchev–Trinajstić information content (AvgIpc) is 3.24. The highest BCUT2D eigenvalue weighted by Crippen LogP contribution is 2.20. The monoisotopic (exact) mass is 337 g/mol. The highest BCUT2D eigenvalue weighted by atomic mass is 16.2. The van der Waals surface area contributed by atoms with Crippen LogP contribution in [0, 0.1) is 0 Å². The minimum Gasteiger partial charge on any atom is -0.353 e.